The Bertz CT molecular complexity index is 719. The maximum atomic E-state index is 12.3. The Hall–Kier alpha value is -1.78. The van der Waals surface area contributed by atoms with Crippen LogP contribution in [0.1, 0.15) is 24.0 Å². The van der Waals surface area contributed by atoms with Gasteiger partial charge in [0.05, 0.1) is 18.0 Å². The van der Waals surface area contributed by atoms with E-state index in [2.05, 4.69) is 15.9 Å². The molecule has 1 aliphatic heterocycles. The first kappa shape index (κ1) is 18.6. The molecule has 2 rings (SSSR count). The van der Waals surface area contributed by atoms with Crippen LogP contribution in [0.25, 0.3) is 0 Å². The molecular formula is C16H16BrClN2O4. The molecular weight excluding hydrogens is 400 g/mol. The zero-order valence-corrected chi connectivity index (χ0v) is 15.4. The molecule has 1 aromatic carbocycles. The Morgan fingerprint density at radius 1 is 1.54 bits per heavy atom. The van der Waals surface area contributed by atoms with Gasteiger partial charge in [0.25, 0.3) is 0 Å². The van der Waals surface area contributed by atoms with Gasteiger partial charge in [0.15, 0.2) is 0 Å². The standard InChI is InChI=1S/C16H16BrClN2O4/c1-10-5-12(17)13(18)6-11(10)7-14(21)24-16(8-19)3-2-4-20(9-16)15(22)23/h5-6H,2-4,7,9H2,1H3,(H,22,23). The lowest BCUT2D eigenvalue weighted by atomic mass is 9.94. The van der Waals surface area contributed by atoms with Gasteiger partial charge in [-0.15, -0.1) is 0 Å². The first-order valence-electron chi connectivity index (χ1n) is 7.32. The zero-order valence-electron chi connectivity index (χ0n) is 13.0. The van der Waals surface area contributed by atoms with Gasteiger partial charge in [-0.1, -0.05) is 11.6 Å². The number of hydrogen-bond acceptors (Lipinski definition) is 4. The molecule has 1 amide bonds. The van der Waals surface area contributed by atoms with Gasteiger partial charge in [-0.05, 0) is 52.5 Å². The third-order valence-corrected chi connectivity index (χ3v) is 5.15. The van der Waals surface area contributed by atoms with Gasteiger partial charge in [0.1, 0.15) is 6.07 Å². The fourth-order valence-electron chi connectivity index (χ4n) is 2.67. The Labute approximate surface area is 153 Å². The maximum Gasteiger partial charge on any atom is 0.407 e. The molecule has 1 aliphatic rings. The fourth-order valence-corrected chi connectivity index (χ4v) is 3.31. The number of piperidine rings is 1. The minimum absolute atomic E-state index is 0.0324. The van der Waals surface area contributed by atoms with Crippen LogP contribution in [0.15, 0.2) is 16.6 Å². The lowest BCUT2D eigenvalue weighted by molar-refractivity contribution is -0.157. The topological polar surface area (TPSA) is 90.6 Å². The molecule has 0 saturated carbocycles. The number of amides is 1. The normalized spacial score (nSPS) is 20.3. The van der Waals surface area contributed by atoms with E-state index >= 15 is 0 Å². The summed E-state index contributed by atoms with van der Waals surface area (Å²) in [7, 11) is 0. The second-order valence-electron chi connectivity index (χ2n) is 5.76. The second-order valence-corrected chi connectivity index (χ2v) is 7.02. The summed E-state index contributed by atoms with van der Waals surface area (Å²) in [6.07, 6.45) is -0.369. The molecule has 1 saturated heterocycles. The van der Waals surface area contributed by atoms with Gasteiger partial charge in [-0.2, -0.15) is 5.26 Å². The molecule has 1 N–H and O–H groups in total. The molecule has 1 aromatic rings. The number of aryl methyl sites for hydroxylation is 1. The number of likely N-dealkylation sites (tertiary alicyclic amines) is 1. The third kappa shape index (κ3) is 4.19. The number of benzene rings is 1. The van der Waals surface area contributed by atoms with Crippen LogP contribution in [0.3, 0.4) is 0 Å². The number of nitriles is 1. The Morgan fingerprint density at radius 2 is 2.25 bits per heavy atom. The SMILES string of the molecule is Cc1cc(Br)c(Cl)cc1CC(=O)OC1(C#N)CCCN(C(=O)O)C1. The molecule has 6 nitrogen and oxygen atoms in total. The van der Waals surface area contributed by atoms with E-state index in [9.17, 15) is 14.9 Å². The summed E-state index contributed by atoms with van der Waals surface area (Å²) in [5.41, 5.74) is 0.137. The average molecular weight is 416 g/mol. The number of carboxylic acid groups (broad SMARTS) is 1. The fraction of sp³-hybridized carbons (Fsp3) is 0.438. The molecule has 24 heavy (non-hydrogen) atoms. The van der Waals surface area contributed by atoms with Gasteiger partial charge >= 0.3 is 12.1 Å². The predicted octanol–water partition coefficient (Wildman–Crippen LogP) is 3.53. The van der Waals surface area contributed by atoms with Crippen molar-refractivity contribution in [2.75, 3.05) is 13.1 Å². The lowest BCUT2D eigenvalue weighted by Gasteiger charge is -2.36. The molecule has 128 valence electrons. The van der Waals surface area contributed by atoms with Crippen molar-refractivity contribution in [3.05, 3.63) is 32.8 Å². The van der Waals surface area contributed by atoms with E-state index in [1.807, 2.05) is 13.0 Å². The molecule has 1 heterocycles. The van der Waals surface area contributed by atoms with Crippen LogP contribution in [0.5, 0.6) is 0 Å². The minimum Gasteiger partial charge on any atom is -0.465 e. The first-order chi connectivity index (χ1) is 11.3. The van der Waals surface area contributed by atoms with Gasteiger partial charge < -0.3 is 14.7 Å². The summed E-state index contributed by atoms with van der Waals surface area (Å²) < 4.78 is 6.11. The van der Waals surface area contributed by atoms with Crippen LogP contribution in [-0.4, -0.2) is 40.8 Å². The van der Waals surface area contributed by atoms with Crippen LogP contribution in [-0.2, 0) is 16.0 Å². The van der Waals surface area contributed by atoms with E-state index in [-0.39, 0.29) is 13.0 Å². The second kappa shape index (κ2) is 7.41. The number of halogens is 2. The van der Waals surface area contributed by atoms with Crippen LogP contribution in [0, 0.1) is 18.3 Å². The number of nitrogens with zero attached hydrogens (tertiary/aromatic N) is 2. The van der Waals surface area contributed by atoms with Crippen molar-refractivity contribution < 1.29 is 19.4 Å². The summed E-state index contributed by atoms with van der Waals surface area (Å²) >= 11 is 9.36. The highest BCUT2D eigenvalue weighted by molar-refractivity contribution is 9.10. The quantitative estimate of drug-likeness (QED) is 0.763. The number of rotatable bonds is 3. The molecule has 0 bridgehead atoms. The molecule has 1 atom stereocenters. The molecule has 1 fully saturated rings. The number of carbonyl (C=O) groups is 2. The molecule has 0 spiro atoms. The Balaban J connectivity index is 2.12. The number of carbonyl (C=O) groups excluding carboxylic acids is 1. The Kier molecular flexibility index (Phi) is 5.73. The highest BCUT2D eigenvalue weighted by atomic mass is 79.9. The predicted molar refractivity (Wildman–Crippen MR) is 90.9 cm³/mol. The average Bonchev–Trinajstić information content (AvgIpc) is 2.52. The van der Waals surface area contributed by atoms with Crippen molar-refractivity contribution in [2.24, 2.45) is 0 Å². The smallest absolute Gasteiger partial charge is 0.407 e. The number of esters is 1. The van der Waals surface area contributed by atoms with Gasteiger partial charge in [-0.3, -0.25) is 4.79 Å². The summed E-state index contributed by atoms with van der Waals surface area (Å²) in [6, 6.07) is 5.45. The van der Waals surface area contributed by atoms with E-state index in [0.717, 1.165) is 14.9 Å². The molecule has 0 radical (unpaired) electrons. The van der Waals surface area contributed by atoms with Crippen molar-refractivity contribution in [1.82, 2.24) is 4.90 Å². The van der Waals surface area contributed by atoms with Crippen molar-refractivity contribution in [1.29, 1.82) is 5.26 Å². The zero-order chi connectivity index (χ0) is 17.9. The van der Waals surface area contributed by atoms with Crippen molar-refractivity contribution in [3.8, 4) is 6.07 Å². The Morgan fingerprint density at radius 3 is 2.88 bits per heavy atom. The van der Waals surface area contributed by atoms with E-state index in [1.165, 1.54) is 0 Å². The highest BCUT2D eigenvalue weighted by Gasteiger charge is 2.41. The molecule has 1 unspecified atom stereocenters. The largest absolute Gasteiger partial charge is 0.465 e. The highest BCUT2D eigenvalue weighted by Crippen LogP contribution is 2.28. The van der Waals surface area contributed by atoms with Crippen molar-refractivity contribution in [2.45, 2.75) is 31.8 Å². The van der Waals surface area contributed by atoms with Crippen molar-refractivity contribution >= 4 is 39.6 Å². The van der Waals surface area contributed by atoms with E-state index in [0.29, 0.717) is 30.0 Å². The lowest BCUT2D eigenvalue weighted by Crippen LogP contribution is -2.51. The summed E-state index contributed by atoms with van der Waals surface area (Å²) in [6.45, 7) is 2.04. The minimum atomic E-state index is -1.43. The summed E-state index contributed by atoms with van der Waals surface area (Å²) in [5, 5.41) is 19.0. The molecule has 0 aromatic heterocycles. The molecule has 8 heteroatoms. The summed E-state index contributed by atoms with van der Waals surface area (Å²) in [5.74, 6) is -0.578. The first-order valence-corrected chi connectivity index (χ1v) is 8.49. The van der Waals surface area contributed by atoms with E-state index in [1.54, 1.807) is 12.1 Å². The maximum absolute atomic E-state index is 12.3. The van der Waals surface area contributed by atoms with Crippen LogP contribution >= 0.6 is 27.5 Å². The van der Waals surface area contributed by atoms with Crippen LogP contribution in [0.2, 0.25) is 5.02 Å². The monoisotopic (exact) mass is 414 g/mol. The van der Waals surface area contributed by atoms with E-state index in [4.69, 9.17) is 21.4 Å². The number of hydrogen-bond donors (Lipinski definition) is 1. The van der Waals surface area contributed by atoms with Gasteiger partial charge in [0.2, 0.25) is 5.60 Å². The van der Waals surface area contributed by atoms with Crippen LogP contribution < -0.4 is 0 Å². The third-order valence-electron chi connectivity index (χ3n) is 3.95. The molecule has 0 aliphatic carbocycles. The van der Waals surface area contributed by atoms with Crippen LogP contribution in [0.4, 0.5) is 4.79 Å². The van der Waals surface area contributed by atoms with Gasteiger partial charge in [0, 0.05) is 17.4 Å². The van der Waals surface area contributed by atoms with Crippen molar-refractivity contribution in [3.63, 3.8) is 0 Å². The van der Waals surface area contributed by atoms with Gasteiger partial charge in [-0.25, -0.2) is 4.79 Å². The van der Waals surface area contributed by atoms with E-state index < -0.39 is 17.7 Å². The number of ether oxygens (including phenoxy) is 1. The summed E-state index contributed by atoms with van der Waals surface area (Å²) in [4.78, 5) is 24.5.